The van der Waals surface area contributed by atoms with Gasteiger partial charge in [-0.1, -0.05) is 48.5 Å². The highest BCUT2D eigenvalue weighted by atomic mass is 16.6. The Bertz CT molecular complexity index is 869. The van der Waals surface area contributed by atoms with Gasteiger partial charge in [-0.2, -0.15) is 0 Å². The maximum atomic E-state index is 12.4. The smallest absolute Gasteiger partial charge is 0.321 e. The van der Waals surface area contributed by atoms with Crippen molar-refractivity contribution in [2.75, 3.05) is 6.54 Å². The minimum absolute atomic E-state index is 0.161. The van der Waals surface area contributed by atoms with Gasteiger partial charge in [0.2, 0.25) is 6.10 Å². The highest BCUT2D eigenvalue weighted by Crippen LogP contribution is 2.22. The summed E-state index contributed by atoms with van der Waals surface area (Å²) in [6.45, 7) is 2.00. The van der Waals surface area contributed by atoms with Gasteiger partial charge in [0.05, 0.1) is 11.3 Å². The summed E-state index contributed by atoms with van der Waals surface area (Å²) < 4.78 is 5.26. The highest BCUT2D eigenvalue weighted by Gasteiger charge is 2.27. The summed E-state index contributed by atoms with van der Waals surface area (Å²) >= 11 is 0. The van der Waals surface area contributed by atoms with Crippen molar-refractivity contribution in [3.63, 3.8) is 0 Å². The number of carbonyl (C=O) groups excluding carboxylic acids is 3. The summed E-state index contributed by atoms with van der Waals surface area (Å²) in [6.07, 6.45) is -1.77. The van der Waals surface area contributed by atoms with E-state index in [9.17, 15) is 24.5 Å². The van der Waals surface area contributed by atoms with Gasteiger partial charge in [0, 0.05) is 23.7 Å². The second kappa shape index (κ2) is 9.81. The van der Waals surface area contributed by atoms with Gasteiger partial charge in [0.25, 0.3) is 11.6 Å². The van der Waals surface area contributed by atoms with Crippen LogP contribution in [0.4, 0.5) is 10.5 Å². The lowest BCUT2D eigenvalue weighted by Gasteiger charge is -2.17. The van der Waals surface area contributed by atoms with E-state index in [1.54, 1.807) is 43.3 Å². The van der Waals surface area contributed by atoms with Gasteiger partial charge in [-0.05, 0) is 6.92 Å². The van der Waals surface area contributed by atoms with Gasteiger partial charge in [-0.25, -0.2) is 4.79 Å². The molecule has 0 aliphatic rings. The van der Waals surface area contributed by atoms with Crippen LogP contribution in [0, 0.1) is 10.1 Å². The zero-order valence-electron chi connectivity index (χ0n) is 15.1. The third kappa shape index (κ3) is 5.63. The number of nitro benzene ring substituents is 1. The Morgan fingerprint density at radius 3 is 2.36 bits per heavy atom. The van der Waals surface area contributed by atoms with Crippen molar-refractivity contribution in [2.45, 2.75) is 19.4 Å². The molecule has 9 nitrogen and oxygen atoms in total. The second-order valence-corrected chi connectivity index (χ2v) is 5.69. The lowest BCUT2D eigenvalue weighted by molar-refractivity contribution is -0.385. The number of carbonyl (C=O) groups is 3. The quantitative estimate of drug-likeness (QED) is 0.427. The van der Waals surface area contributed by atoms with Gasteiger partial charge < -0.3 is 10.1 Å². The molecule has 0 unspecified atom stereocenters. The number of urea groups is 1. The summed E-state index contributed by atoms with van der Waals surface area (Å²) in [5, 5.41) is 15.6. The number of hydrogen-bond acceptors (Lipinski definition) is 6. The fourth-order valence-corrected chi connectivity index (χ4v) is 2.45. The van der Waals surface area contributed by atoms with Crippen LogP contribution in [0.5, 0.6) is 0 Å². The maximum absolute atomic E-state index is 12.4. The third-order valence-corrected chi connectivity index (χ3v) is 3.69. The summed E-state index contributed by atoms with van der Waals surface area (Å²) in [6, 6.07) is 13.2. The Hall–Kier alpha value is -3.75. The topological polar surface area (TPSA) is 128 Å². The number of hydrogen-bond donors (Lipinski definition) is 2. The van der Waals surface area contributed by atoms with E-state index >= 15 is 0 Å². The minimum atomic E-state index is -1.38. The van der Waals surface area contributed by atoms with Crippen molar-refractivity contribution >= 4 is 23.6 Å². The van der Waals surface area contributed by atoms with Crippen LogP contribution in [-0.4, -0.2) is 29.4 Å². The molecule has 0 radical (unpaired) electrons. The predicted octanol–water partition coefficient (Wildman–Crippen LogP) is 2.27. The van der Waals surface area contributed by atoms with E-state index in [0.717, 1.165) is 0 Å². The molecular formula is C19H19N3O6. The first kappa shape index (κ1) is 20.6. The average Bonchev–Trinajstić information content (AvgIpc) is 2.67. The number of benzene rings is 2. The summed E-state index contributed by atoms with van der Waals surface area (Å²) in [4.78, 5) is 46.9. The Morgan fingerprint density at radius 1 is 1.07 bits per heavy atom. The van der Waals surface area contributed by atoms with E-state index in [-0.39, 0.29) is 11.3 Å². The van der Waals surface area contributed by atoms with Gasteiger partial charge in [-0.3, -0.25) is 25.0 Å². The SMILES string of the molecule is CCNC(=O)NC(=O)[C@@H](OC(=O)Cc1ccccc1[N+](=O)[O-])c1ccccc1. The molecular weight excluding hydrogens is 366 g/mol. The Labute approximate surface area is 160 Å². The Balaban J connectivity index is 2.18. The molecule has 2 aromatic carbocycles. The predicted molar refractivity (Wildman–Crippen MR) is 99.3 cm³/mol. The molecule has 0 fully saturated rings. The van der Waals surface area contributed by atoms with Crippen LogP contribution in [0.2, 0.25) is 0 Å². The molecule has 3 amide bonds. The summed E-state index contributed by atoms with van der Waals surface area (Å²) in [7, 11) is 0. The van der Waals surface area contributed by atoms with Crippen molar-refractivity contribution in [1.82, 2.24) is 10.6 Å². The molecule has 1 atom stereocenters. The van der Waals surface area contributed by atoms with Crippen LogP contribution >= 0.6 is 0 Å². The summed E-state index contributed by atoms with van der Waals surface area (Å²) in [5.41, 5.74) is 0.302. The van der Waals surface area contributed by atoms with Crippen LogP contribution < -0.4 is 10.6 Å². The zero-order chi connectivity index (χ0) is 20.5. The van der Waals surface area contributed by atoms with Crippen molar-refractivity contribution in [1.29, 1.82) is 0 Å². The first-order chi connectivity index (χ1) is 13.4. The van der Waals surface area contributed by atoms with Gasteiger partial charge >= 0.3 is 12.0 Å². The normalized spacial score (nSPS) is 11.2. The first-order valence-electron chi connectivity index (χ1n) is 8.47. The van der Waals surface area contributed by atoms with E-state index in [1.807, 2.05) is 0 Å². The monoisotopic (exact) mass is 385 g/mol. The molecule has 2 N–H and O–H groups in total. The number of imide groups is 1. The minimum Gasteiger partial charge on any atom is -0.447 e. The number of nitrogens with zero attached hydrogens (tertiary/aromatic N) is 1. The lowest BCUT2D eigenvalue weighted by Crippen LogP contribution is -2.42. The van der Waals surface area contributed by atoms with Crippen molar-refractivity contribution < 1.29 is 24.0 Å². The van der Waals surface area contributed by atoms with Crippen LogP contribution in [0.1, 0.15) is 24.2 Å². The second-order valence-electron chi connectivity index (χ2n) is 5.69. The Kier molecular flexibility index (Phi) is 7.21. The lowest BCUT2D eigenvalue weighted by atomic mass is 10.1. The highest BCUT2D eigenvalue weighted by molar-refractivity contribution is 5.97. The maximum Gasteiger partial charge on any atom is 0.321 e. The number of nitro groups is 1. The molecule has 0 saturated heterocycles. The molecule has 0 spiro atoms. The number of ether oxygens (including phenoxy) is 1. The summed E-state index contributed by atoms with van der Waals surface area (Å²) in [5.74, 6) is -1.66. The fraction of sp³-hybridized carbons (Fsp3) is 0.211. The number of nitrogens with one attached hydrogen (secondary N) is 2. The molecule has 146 valence electrons. The van der Waals surface area contributed by atoms with Crippen LogP contribution in [-0.2, 0) is 20.7 Å². The van der Waals surface area contributed by atoms with Crippen molar-refractivity contribution in [3.05, 3.63) is 75.8 Å². The molecule has 0 heterocycles. The van der Waals surface area contributed by atoms with Gasteiger partial charge in [0.15, 0.2) is 0 Å². The zero-order valence-corrected chi connectivity index (χ0v) is 15.1. The average molecular weight is 385 g/mol. The van der Waals surface area contributed by atoms with E-state index < -0.39 is 35.4 Å². The van der Waals surface area contributed by atoms with Crippen LogP contribution in [0.25, 0.3) is 0 Å². The number of esters is 1. The molecule has 0 aromatic heterocycles. The molecule has 0 aliphatic heterocycles. The van der Waals surface area contributed by atoms with Crippen LogP contribution in [0.15, 0.2) is 54.6 Å². The molecule has 2 rings (SSSR count). The molecule has 0 aliphatic carbocycles. The van der Waals surface area contributed by atoms with E-state index in [1.165, 1.54) is 18.2 Å². The largest absolute Gasteiger partial charge is 0.447 e. The van der Waals surface area contributed by atoms with E-state index in [4.69, 9.17) is 4.74 Å². The number of para-hydroxylation sites is 1. The van der Waals surface area contributed by atoms with Gasteiger partial charge in [0.1, 0.15) is 0 Å². The fourth-order valence-electron chi connectivity index (χ4n) is 2.45. The molecule has 2 aromatic rings. The Morgan fingerprint density at radius 2 is 1.71 bits per heavy atom. The van der Waals surface area contributed by atoms with Gasteiger partial charge in [-0.15, -0.1) is 0 Å². The molecule has 9 heteroatoms. The van der Waals surface area contributed by atoms with Crippen molar-refractivity contribution in [3.8, 4) is 0 Å². The number of amides is 3. The molecule has 0 bridgehead atoms. The first-order valence-corrected chi connectivity index (χ1v) is 8.47. The van der Waals surface area contributed by atoms with E-state index in [0.29, 0.717) is 12.1 Å². The third-order valence-electron chi connectivity index (χ3n) is 3.69. The number of rotatable bonds is 7. The molecule has 0 saturated carbocycles. The standard InChI is InChI=1S/C19H19N3O6/c1-2-20-19(25)21-18(24)17(13-8-4-3-5-9-13)28-16(23)12-14-10-6-7-11-15(14)22(26)27/h3-11,17H,2,12H2,1H3,(H2,20,21,24,25)/t17-/m0/s1. The molecule has 28 heavy (non-hydrogen) atoms. The van der Waals surface area contributed by atoms with E-state index in [2.05, 4.69) is 10.6 Å². The van der Waals surface area contributed by atoms with Crippen LogP contribution in [0.3, 0.4) is 0 Å². The van der Waals surface area contributed by atoms with Crippen molar-refractivity contribution in [2.24, 2.45) is 0 Å².